The maximum Gasteiger partial charge on any atom is 0.333 e. The molecule has 0 atom stereocenters. The van der Waals surface area contributed by atoms with Gasteiger partial charge in [0.05, 0.1) is 6.61 Å². The van der Waals surface area contributed by atoms with Crippen molar-refractivity contribution in [1.29, 1.82) is 0 Å². The number of carbonyl (C=O) groups excluding carboxylic acids is 3. The Hall–Kier alpha value is -2.63. The Kier molecular flexibility index (Phi) is 4.07. The molecule has 0 bridgehead atoms. The number of barbiturate groups is 1. The van der Waals surface area contributed by atoms with Crippen molar-refractivity contribution in [2.24, 2.45) is 0 Å². The Labute approximate surface area is 122 Å². The van der Waals surface area contributed by atoms with Crippen molar-refractivity contribution < 1.29 is 19.1 Å². The Bertz CT molecular complexity index is 610. The van der Waals surface area contributed by atoms with Crippen LogP contribution < -0.4 is 4.74 Å². The summed E-state index contributed by atoms with van der Waals surface area (Å²) >= 11 is 0. The van der Waals surface area contributed by atoms with E-state index >= 15 is 0 Å². The van der Waals surface area contributed by atoms with Gasteiger partial charge in [-0.2, -0.15) is 0 Å². The Balaban J connectivity index is 2.47. The number of amides is 4. The lowest BCUT2D eigenvalue weighted by Gasteiger charge is -2.28. The smallest absolute Gasteiger partial charge is 0.333 e. The van der Waals surface area contributed by atoms with Gasteiger partial charge in [0.15, 0.2) is 0 Å². The van der Waals surface area contributed by atoms with Crippen LogP contribution in [0.25, 0.3) is 6.08 Å². The maximum atomic E-state index is 12.1. The van der Waals surface area contributed by atoms with E-state index in [1.807, 2.05) is 6.92 Å². The third-order valence-corrected chi connectivity index (χ3v) is 3.16. The van der Waals surface area contributed by atoms with Crippen molar-refractivity contribution in [1.82, 2.24) is 9.80 Å². The van der Waals surface area contributed by atoms with Gasteiger partial charge in [0.25, 0.3) is 11.8 Å². The van der Waals surface area contributed by atoms with Gasteiger partial charge in [-0.3, -0.25) is 19.4 Å². The molecule has 110 valence electrons. The Morgan fingerprint density at radius 3 is 2.19 bits per heavy atom. The number of hydrogen-bond donors (Lipinski definition) is 0. The summed E-state index contributed by atoms with van der Waals surface area (Å²) in [5.74, 6) is -0.654. The molecule has 2 rings (SSSR count). The van der Waals surface area contributed by atoms with E-state index in [0.717, 1.165) is 9.80 Å². The fourth-order valence-corrected chi connectivity index (χ4v) is 2.02. The average molecular weight is 288 g/mol. The van der Waals surface area contributed by atoms with Gasteiger partial charge in [-0.05, 0) is 19.1 Å². The number of nitrogens with zero attached hydrogens (tertiary/aromatic N) is 2. The molecule has 0 radical (unpaired) electrons. The predicted molar refractivity (Wildman–Crippen MR) is 76.5 cm³/mol. The molecule has 0 saturated carbocycles. The van der Waals surface area contributed by atoms with E-state index in [4.69, 9.17) is 4.74 Å². The van der Waals surface area contributed by atoms with Crippen molar-refractivity contribution >= 4 is 23.9 Å². The summed E-state index contributed by atoms with van der Waals surface area (Å²) in [7, 11) is 2.69. The number of carbonyl (C=O) groups is 3. The van der Waals surface area contributed by atoms with Gasteiger partial charge in [0.2, 0.25) is 0 Å². The van der Waals surface area contributed by atoms with Crippen LogP contribution in [0.15, 0.2) is 29.8 Å². The van der Waals surface area contributed by atoms with E-state index in [1.54, 1.807) is 24.3 Å². The highest BCUT2D eigenvalue weighted by Crippen LogP contribution is 2.24. The second-order valence-electron chi connectivity index (χ2n) is 4.54. The zero-order valence-electron chi connectivity index (χ0n) is 12.1. The van der Waals surface area contributed by atoms with Gasteiger partial charge < -0.3 is 4.74 Å². The maximum absolute atomic E-state index is 12.1. The molecule has 4 amide bonds. The van der Waals surface area contributed by atoms with Crippen LogP contribution in [-0.2, 0) is 9.59 Å². The van der Waals surface area contributed by atoms with Crippen LogP contribution in [0.4, 0.5) is 4.79 Å². The molecule has 21 heavy (non-hydrogen) atoms. The van der Waals surface area contributed by atoms with Gasteiger partial charge >= 0.3 is 6.03 Å². The predicted octanol–water partition coefficient (Wildman–Crippen LogP) is 1.52. The number of likely N-dealkylation sites (N-methyl/N-ethyl adjacent to an activating group) is 2. The van der Waals surface area contributed by atoms with Crippen LogP contribution in [0.3, 0.4) is 0 Å². The molecule has 0 N–H and O–H groups in total. The minimum absolute atomic E-state index is 0.0632. The first-order valence-electron chi connectivity index (χ1n) is 6.51. The second-order valence-corrected chi connectivity index (χ2v) is 4.54. The first kappa shape index (κ1) is 14.8. The average Bonchev–Trinajstić information content (AvgIpc) is 2.49. The molecule has 6 heteroatoms. The lowest BCUT2D eigenvalue weighted by molar-refractivity contribution is -0.134. The van der Waals surface area contributed by atoms with Gasteiger partial charge in [-0.1, -0.05) is 18.2 Å². The molecule has 0 unspecified atom stereocenters. The zero-order valence-corrected chi connectivity index (χ0v) is 12.1. The van der Waals surface area contributed by atoms with Crippen molar-refractivity contribution in [3.63, 3.8) is 0 Å². The van der Waals surface area contributed by atoms with Crippen LogP contribution in [0.2, 0.25) is 0 Å². The number of hydrogen-bond acceptors (Lipinski definition) is 4. The molecule has 0 aliphatic carbocycles. The number of ether oxygens (including phenoxy) is 1. The van der Waals surface area contributed by atoms with Crippen LogP contribution in [0, 0.1) is 0 Å². The third-order valence-electron chi connectivity index (χ3n) is 3.16. The number of para-hydroxylation sites is 1. The molecular weight excluding hydrogens is 272 g/mol. The van der Waals surface area contributed by atoms with E-state index in [9.17, 15) is 14.4 Å². The van der Waals surface area contributed by atoms with Crippen molar-refractivity contribution in [2.75, 3.05) is 20.7 Å². The molecule has 1 aliphatic rings. The Morgan fingerprint density at radius 2 is 1.62 bits per heavy atom. The first-order chi connectivity index (χ1) is 9.97. The van der Waals surface area contributed by atoms with Crippen LogP contribution in [0.1, 0.15) is 12.5 Å². The first-order valence-corrected chi connectivity index (χ1v) is 6.51. The van der Waals surface area contributed by atoms with Crippen LogP contribution in [0.5, 0.6) is 5.75 Å². The monoisotopic (exact) mass is 288 g/mol. The molecular formula is C15H16N2O4. The van der Waals surface area contributed by atoms with Gasteiger partial charge in [-0.15, -0.1) is 0 Å². The fourth-order valence-electron chi connectivity index (χ4n) is 2.02. The number of benzene rings is 1. The van der Waals surface area contributed by atoms with E-state index in [1.165, 1.54) is 20.2 Å². The largest absolute Gasteiger partial charge is 0.493 e. The topological polar surface area (TPSA) is 66.9 Å². The Morgan fingerprint density at radius 1 is 1.05 bits per heavy atom. The molecule has 1 aliphatic heterocycles. The van der Waals surface area contributed by atoms with E-state index in [0.29, 0.717) is 17.9 Å². The molecule has 1 heterocycles. The summed E-state index contributed by atoms with van der Waals surface area (Å²) in [6.45, 7) is 2.32. The normalized spacial score (nSPS) is 15.6. The van der Waals surface area contributed by atoms with Crippen molar-refractivity contribution in [2.45, 2.75) is 6.92 Å². The highest BCUT2D eigenvalue weighted by Gasteiger charge is 2.37. The minimum Gasteiger partial charge on any atom is -0.493 e. The number of rotatable bonds is 3. The van der Waals surface area contributed by atoms with Gasteiger partial charge in [0, 0.05) is 19.7 Å². The number of imide groups is 2. The van der Waals surface area contributed by atoms with E-state index in [-0.39, 0.29) is 5.57 Å². The zero-order chi connectivity index (χ0) is 15.6. The van der Waals surface area contributed by atoms with Crippen molar-refractivity contribution in [3.8, 4) is 5.75 Å². The summed E-state index contributed by atoms with van der Waals surface area (Å²) in [6.07, 6.45) is 1.45. The fraction of sp³-hybridized carbons (Fsp3) is 0.267. The summed E-state index contributed by atoms with van der Waals surface area (Å²) < 4.78 is 5.46. The number of urea groups is 1. The van der Waals surface area contributed by atoms with Crippen LogP contribution in [-0.4, -0.2) is 48.3 Å². The minimum atomic E-state index is -0.639. The molecule has 0 aromatic heterocycles. The van der Waals surface area contributed by atoms with E-state index in [2.05, 4.69) is 0 Å². The van der Waals surface area contributed by atoms with Crippen LogP contribution >= 0.6 is 0 Å². The summed E-state index contributed by atoms with van der Waals surface area (Å²) in [4.78, 5) is 37.7. The summed E-state index contributed by atoms with van der Waals surface area (Å²) in [5.41, 5.74) is 0.555. The third kappa shape index (κ3) is 2.65. The summed E-state index contributed by atoms with van der Waals surface area (Å²) in [6, 6.07) is 6.45. The highest BCUT2D eigenvalue weighted by molar-refractivity contribution is 6.30. The second kappa shape index (κ2) is 5.78. The molecule has 1 aromatic rings. The quantitative estimate of drug-likeness (QED) is 0.624. The standard InChI is InChI=1S/C15H16N2O4/c1-4-21-12-8-6-5-7-10(12)9-11-13(18)16(2)15(20)17(3)14(11)19/h5-9H,4H2,1-3H3. The summed E-state index contributed by atoms with van der Waals surface area (Å²) in [5, 5.41) is 0. The molecule has 0 spiro atoms. The SMILES string of the molecule is CCOc1ccccc1C=C1C(=O)N(C)C(=O)N(C)C1=O. The van der Waals surface area contributed by atoms with E-state index < -0.39 is 17.8 Å². The molecule has 1 fully saturated rings. The van der Waals surface area contributed by atoms with Gasteiger partial charge in [0.1, 0.15) is 11.3 Å². The molecule has 1 aromatic carbocycles. The lowest BCUT2D eigenvalue weighted by atomic mass is 10.1. The molecule has 6 nitrogen and oxygen atoms in total. The lowest BCUT2D eigenvalue weighted by Crippen LogP contribution is -2.52. The molecule has 1 saturated heterocycles. The van der Waals surface area contributed by atoms with Crippen molar-refractivity contribution in [3.05, 3.63) is 35.4 Å². The highest BCUT2D eigenvalue weighted by atomic mass is 16.5. The van der Waals surface area contributed by atoms with Gasteiger partial charge in [-0.25, -0.2) is 4.79 Å².